The fraction of sp³-hybridized carbons (Fsp3) is 0.520. The van der Waals surface area contributed by atoms with E-state index in [1.807, 2.05) is 0 Å². The van der Waals surface area contributed by atoms with Crippen LogP contribution in [0.5, 0.6) is 0 Å². The Kier molecular flexibility index (Phi) is 7.84. The van der Waals surface area contributed by atoms with Crippen molar-refractivity contribution in [2.75, 3.05) is 0 Å². The zero-order valence-corrected chi connectivity index (χ0v) is 18.3. The van der Waals surface area contributed by atoms with Gasteiger partial charge in [-0.15, -0.1) is 0 Å². The van der Waals surface area contributed by atoms with Crippen LogP contribution in [0.2, 0.25) is 5.02 Å². The number of benzene rings is 2. The fourth-order valence-electron chi connectivity index (χ4n) is 4.80. The maximum absolute atomic E-state index is 14.7. The normalized spacial score (nSPS) is 20.4. The van der Waals surface area contributed by atoms with E-state index >= 15 is 0 Å². The Balaban J connectivity index is 1.70. The average molecular weight is 441 g/mol. The van der Waals surface area contributed by atoms with E-state index in [9.17, 15) is 17.6 Å². The number of rotatable bonds is 7. The van der Waals surface area contributed by atoms with Crippen molar-refractivity contribution in [3.05, 3.63) is 58.1 Å². The molecule has 1 saturated carbocycles. The first kappa shape index (κ1) is 23.1. The summed E-state index contributed by atoms with van der Waals surface area (Å²) in [5.41, 5.74) is -0.0593. The minimum atomic E-state index is -1.04. The predicted molar refractivity (Wildman–Crippen MR) is 115 cm³/mol. The fourth-order valence-corrected chi connectivity index (χ4v) is 4.91. The largest absolute Gasteiger partial charge is 0.206 e. The Labute approximate surface area is 181 Å². The second-order valence-electron chi connectivity index (χ2n) is 8.79. The van der Waals surface area contributed by atoms with Crippen LogP contribution >= 0.6 is 11.6 Å². The lowest BCUT2D eigenvalue weighted by molar-refractivity contribution is 0.204. The Morgan fingerprint density at radius 2 is 1.47 bits per heavy atom. The summed E-state index contributed by atoms with van der Waals surface area (Å²) in [6, 6.07) is 4.27. The lowest BCUT2D eigenvalue weighted by atomic mass is 9.73. The topological polar surface area (TPSA) is 0 Å². The zero-order chi connectivity index (χ0) is 21.8. The lowest BCUT2D eigenvalue weighted by Crippen LogP contribution is -2.21. The first-order valence-corrected chi connectivity index (χ1v) is 11.3. The zero-order valence-electron chi connectivity index (χ0n) is 17.6. The van der Waals surface area contributed by atoms with Crippen LogP contribution in [0.3, 0.4) is 0 Å². The molecular formula is C25H29ClF4. The van der Waals surface area contributed by atoms with E-state index in [0.29, 0.717) is 23.8 Å². The van der Waals surface area contributed by atoms with Crippen molar-refractivity contribution >= 4 is 11.6 Å². The monoisotopic (exact) mass is 440 g/mol. The Hall–Kier alpha value is -1.55. The smallest absolute Gasteiger partial charge is 0.145 e. The first-order chi connectivity index (χ1) is 14.3. The Morgan fingerprint density at radius 1 is 0.900 bits per heavy atom. The molecule has 0 radical (unpaired) electrons. The van der Waals surface area contributed by atoms with Gasteiger partial charge in [0.15, 0.2) is 0 Å². The molecule has 2 aromatic carbocycles. The van der Waals surface area contributed by atoms with Gasteiger partial charge in [-0.05, 0) is 72.4 Å². The van der Waals surface area contributed by atoms with Gasteiger partial charge in [0.05, 0.1) is 5.56 Å². The summed E-state index contributed by atoms with van der Waals surface area (Å²) in [6.07, 6.45) is 9.23. The van der Waals surface area contributed by atoms with Crippen LogP contribution in [-0.2, 0) is 6.42 Å². The van der Waals surface area contributed by atoms with Crippen molar-refractivity contribution in [1.29, 1.82) is 0 Å². The van der Waals surface area contributed by atoms with Crippen LogP contribution in [0.4, 0.5) is 17.6 Å². The maximum atomic E-state index is 14.7. The van der Waals surface area contributed by atoms with E-state index < -0.39 is 33.9 Å². The van der Waals surface area contributed by atoms with Crippen LogP contribution in [0.1, 0.15) is 64.4 Å². The van der Waals surface area contributed by atoms with Gasteiger partial charge in [0.25, 0.3) is 0 Å². The molecule has 0 aromatic heterocycles. The Bertz CT molecular complexity index is 825. The van der Waals surface area contributed by atoms with Gasteiger partial charge in [-0.1, -0.05) is 57.6 Å². The predicted octanol–water partition coefficient (Wildman–Crippen LogP) is 8.74. The van der Waals surface area contributed by atoms with E-state index in [4.69, 9.17) is 11.6 Å². The van der Waals surface area contributed by atoms with Crippen molar-refractivity contribution in [2.24, 2.45) is 17.8 Å². The van der Waals surface area contributed by atoms with Gasteiger partial charge < -0.3 is 0 Å². The molecule has 0 N–H and O–H groups in total. The molecule has 164 valence electrons. The van der Waals surface area contributed by atoms with E-state index in [1.54, 1.807) is 0 Å². The summed E-state index contributed by atoms with van der Waals surface area (Å²) in [6.45, 7) is 4.36. The number of halogens is 5. The van der Waals surface area contributed by atoms with Gasteiger partial charge in [0, 0.05) is 0 Å². The molecule has 1 aliphatic carbocycles. The highest BCUT2D eigenvalue weighted by Gasteiger charge is 2.26. The molecule has 1 unspecified atom stereocenters. The molecule has 5 heteroatoms. The standard InChI is InChI=1S/C25H29ClF4/c1-3-4-5-16-6-8-18(9-7-16)15(2)10-17-11-20(27)24(21(28)12-17)19-13-22(29)25(26)23(30)14-19/h11-16,18H,3-10H2,1-2H3. The molecule has 0 spiro atoms. The van der Waals surface area contributed by atoms with Crippen LogP contribution in [-0.4, -0.2) is 0 Å². The van der Waals surface area contributed by atoms with Crippen molar-refractivity contribution in [3.63, 3.8) is 0 Å². The molecule has 1 atom stereocenters. The molecule has 0 heterocycles. The summed E-state index contributed by atoms with van der Waals surface area (Å²) >= 11 is 5.47. The van der Waals surface area contributed by atoms with Gasteiger partial charge in [0.1, 0.15) is 28.3 Å². The SMILES string of the molecule is CCCCC1CCC(C(C)Cc2cc(F)c(-c3cc(F)c(Cl)c(F)c3)c(F)c2)CC1. The Morgan fingerprint density at radius 3 is 2.00 bits per heavy atom. The number of hydrogen-bond acceptors (Lipinski definition) is 0. The van der Waals surface area contributed by atoms with Crippen LogP contribution in [0, 0.1) is 41.0 Å². The molecular weight excluding hydrogens is 412 g/mol. The van der Waals surface area contributed by atoms with E-state index in [1.165, 1.54) is 57.1 Å². The highest BCUT2D eigenvalue weighted by atomic mass is 35.5. The minimum Gasteiger partial charge on any atom is -0.206 e. The molecule has 0 aliphatic heterocycles. The summed E-state index contributed by atoms with van der Waals surface area (Å²) < 4.78 is 56.9. The van der Waals surface area contributed by atoms with Crippen molar-refractivity contribution < 1.29 is 17.6 Å². The molecule has 2 aromatic rings. The van der Waals surface area contributed by atoms with Crippen molar-refractivity contribution in [3.8, 4) is 11.1 Å². The summed E-state index contributed by atoms with van der Waals surface area (Å²) in [4.78, 5) is 0. The number of hydrogen-bond donors (Lipinski definition) is 0. The third-order valence-electron chi connectivity index (χ3n) is 6.59. The highest BCUT2D eigenvalue weighted by Crippen LogP contribution is 2.37. The second kappa shape index (κ2) is 10.2. The molecule has 0 saturated heterocycles. The van der Waals surface area contributed by atoms with Crippen molar-refractivity contribution in [1.82, 2.24) is 0 Å². The van der Waals surface area contributed by atoms with Crippen LogP contribution in [0.25, 0.3) is 11.1 Å². The minimum absolute atomic E-state index is 0.200. The maximum Gasteiger partial charge on any atom is 0.145 e. The highest BCUT2D eigenvalue weighted by molar-refractivity contribution is 6.31. The average Bonchev–Trinajstić information content (AvgIpc) is 2.70. The third-order valence-corrected chi connectivity index (χ3v) is 6.96. The van der Waals surface area contributed by atoms with Crippen LogP contribution < -0.4 is 0 Å². The summed E-state index contributed by atoms with van der Waals surface area (Å²) in [5.74, 6) is -2.01. The molecule has 0 nitrogen and oxygen atoms in total. The van der Waals surface area contributed by atoms with E-state index in [2.05, 4.69) is 13.8 Å². The number of unbranched alkanes of at least 4 members (excludes halogenated alkanes) is 1. The first-order valence-electron chi connectivity index (χ1n) is 10.9. The van der Waals surface area contributed by atoms with Gasteiger partial charge in [-0.25, -0.2) is 17.6 Å². The molecule has 0 bridgehead atoms. The van der Waals surface area contributed by atoms with E-state index in [0.717, 1.165) is 18.1 Å². The van der Waals surface area contributed by atoms with Gasteiger partial charge in [0.2, 0.25) is 0 Å². The van der Waals surface area contributed by atoms with Crippen LogP contribution in [0.15, 0.2) is 24.3 Å². The quantitative estimate of drug-likeness (QED) is 0.298. The summed E-state index contributed by atoms with van der Waals surface area (Å²) in [7, 11) is 0. The van der Waals surface area contributed by atoms with Crippen molar-refractivity contribution in [2.45, 2.75) is 65.2 Å². The molecule has 1 aliphatic rings. The van der Waals surface area contributed by atoms with Gasteiger partial charge in [-0.2, -0.15) is 0 Å². The lowest BCUT2D eigenvalue weighted by Gasteiger charge is -2.32. The van der Waals surface area contributed by atoms with Gasteiger partial charge >= 0.3 is 0 Å². The molecule has 30 heavy (non-hydrogen) atoms. The van der Waals surface area contributed by atoms with Gasteiger partial charge in [-0.3, -0.25) is 0 Å². The van der Waals surface area contributed by atoms with E-state index in [-0.39, 0.29) is 5.56 Å². The molecule has 3 rings (SSSR count). The molecule has 1 fully saturated rings. The summed E-state index contributed by atoms with van der Waals surface area (Å²) in [5, 5.41) is -0.686. The second-order valence-corrected chi connectivity index (χ2v) is 9.17. The third kappa shape index (κ3) is 5.38. The molecule has 0 amide bonds.